The van der Waals surface area contributed by atoms with E-state index in [-0.39, 0.29) is 33.3 Å². The molecule has 0 atom stereocenters. The fourth-order valence-electron chi connectivity index (χ4n) is 3.17. The summed E-state index contributed by atoms with van der Waals surface area (Å²) in [5, 5.41) is 0. The van der Waals surface area contributed by atoms with Crippen LogP contribution in [0.1, 0.15) is 38.1 Å². The Kier molecular flexibility index (Phi) is 6.87. The summed E-state index contributed by atoms with van der Waals surface area (Å²) in [5.41, 5.74) is 0.738. The molecule has 0 fully saturated rings. The summed E-state index contributed by atoms with van der Waals surface area (Å²) >= 11 is 0.697. The molecule has 9 nitrogen and oxygen atoms in total. The number of rotatable bonds is 7. The summed E-state index contributed by atoms with van der Waals surface area (Å²) in [7, 11) is -1.79. The molecule has 1 aliphatic rings. The minimum atomic E-state index is -4.13. The van der Waals surface area contributed by atoms with Gasteiger partial charge in [0.25, 0.3) is 10.0 Å². The second-order valence-corrected chi connectivity index (χ2v) is 9.76. The van der Waals surface area contributed by atoms with Crippen LogP contribution in [0.3, 0.4) is 0 Å². The van der Waals surface area contributed by atoms with Gasteiger partial charge in [-0.15, -0.1) is 11.3 Å². The zero-order chi connectivity index (χ0) is 22.8. The molecule has 0 saturated carbocycles. The fourth-order valence-corrected chi connectivity index (χ4v) is 6.49. The van der Waals surface area contributed by atoms with E-state index in [1.165, 1.54) is 18.3 Å². The first-order chi connectivity index (χ1) is 14.7. The van der Waals surface area contributed by atoms with Crippen LogP contribution in [-0.2, 0) is 26.0 Å². The Morgan fingerprint density at radius 1 is 1.10 bits per heavy atom. The molecule has 2 heterocycles. The lowest BCUT2D eigenvalue weighted by atomic mass is 10.2. The number of hydrogen-bond acceptors (Lipinski definition) is 9. The van der Waals surface area contributed by atoms with Crippen molar-refractivity contribution in [2.45, 2.75) is 24.6 Å². The van der Waals surface area contributed by atoms with E-state index in [0.29, 0.717) is 41.6 Å². The molecule has 168 valence electrons. The van der Waals surface area contributed by atoms with Crippen LogP contribution in [0.5, 0.6) is 11.5 Å². The number of thiophene rings is 1. The number of methoxy groups -OCH3 is 2. The first-order valence-corrected chi connectivity index (χ1v) is 11.7. The summed E-state index contributed by atoms with van der Waals surface area (Å²) in [6, 6.07) is 5.22. The largest absolute Gasteiger partial charge is 0.486 e. The van der Waals surface area contributed by atoms with Crippen LogP contribution < -0.4 is 9.47 Å². The van der Waals surface area contributed by atoms with Crippen molar-refractivity contribution in [1.82, 2.24) is 4.31 Å². The number of esters is 2. The maximum Gasteiger partial charge on any atom is 0.348 e. The van der Waals surface area contributed by atoms with Crippen molar-refractivity contribution in [2.24, 2.45) is 0 Å². The predicted molar refractivity (Wildman–Crippen MR) is 112 cm³/mol. The highest BCUT2D eigenvalue weighted by Gasteiger charge is 2.35. The fraction of sp³-hybridized carbons (Fsp3) is 0.400. The van der Waals surface area contributed by atoms with Crippen molar-refractivity contribution >= 4 is 33.3 Å². The summed E-state index contributed by atoms with van der Waals surface area (Å²) in [6.07, 6.45) is 0. The summed E-state index contributed by atoms with van der Waals surface area (Å²) < 4.78 is 48.5. The predicted octanol–water partition coefficient (Wildman–Crippen LogP) is 2.61. The smallest absolute Gasteiger partial charge is 0.348 e. The number of ether oxygens (including phenoxy) is 4. The minimum absolute atomic E-state index is 0.0388. The maximum atomic E-state index is 13.5. The lowest BCUT2D eigenvalue weighted by molar-refractivity contribution is 0.0596. The molecule has 0 unspecified atom stereocenters. The van der Waals surface area contributed by atoms with E-state index in [1.54, 1.807) is 25.1 Å². The lowest BCUT2D eigenvalue weighted by Gasteiger charge is -2.22. The first kappa shape index (κ1) is 23.0. The Hall–Kier alpha value is -2.63. The van der Waals surface area contributed by atoms with E-state index in [9.17, 15) is 18.0 Å². The second kappa shape index (κ2) is 9.25. The number of fused-ring (bicyclic) bond motifs is 1. The zero-order valence-electron chi connectivity index (χ0n) is 17.6. The first-order valence-electron chi connectivity index (χ1n) is 9.43. The van der Waals surface area contributed by atoms with E-state index in [4.69, 9.17) is 18.9 Å². The normalized spacial score (nSPS) is 13.2. The standard InChI is InChI=1S/C20H23NO8S2/c1-5-21(11-13-6-7-14-15(10-13)29-9-8-28-14)31(24,25)20-16(18(22)26-3)12(2)17(30-20)19(23)27-4/h6-7,10H,5,8-9,11H2,1-4H3. The van der Waals surface area contributed by atoms with Gasteiger partial charge in [0.2, 0.25) is 0 Å². The molecule has 1 aromatic heterocycles. The third-order valence-electron chi connectivity index (χ3n) is 4.77. The summed E-state index contributed by atoms with van der Waals surface area (Å²) in [4.78, 5) is 24.5. The Morgan fingerprint density at radius 2 is 1.74 bits per heavy atom. The molecule has 11 heteroatoms. The Labute approximate surface area is 184 Å². The van der Waals surface area contributed by atoms with Crippen LogP contribution >= 0.6 is 11.3 Å². The number of sulfonamides is 1. The molecule has 31 heavy (non-hydrogen) atoms. The molecule has 0 N–H and O–H groups in total. The van der Waals surface area contributed by atoms with Gasteiger partial charge < -0.3 is 18.9 Å². The van der Waals surface area contributed by atoms with Gasteiger partial charge in [-0.2, -0.15) is 4.31 Å². The van der Waals surface area contributed by atoms with Crippen molar-refractivity contribution < 1.29 is 37.0 Å². The molecular weight excluding hydrogens is 446 g/mol. The number of nitrogens with zero attached hydrogens (tertiary/aromatic N) is 1. The van der Waals surface area contributed by atoms with Crippen molar-refractivity contribution in [3.8, 4) is 11.5 Å². The highest BCUT2D eigenvalue weighted by atomic mass is 32.2. The average Bonchev–Trinajstić information content (AvgIpc) is 3.14. The van der Waals surface area contributed by atoms with Crippen molar-refractivity contribution in [3.63, 3.8) is 0 Å². The molecule has 0 saturated heterocycles. The average molecular weight is 470 g/mol. The topological polar surface area (TPSA) is 108 Å². The highest BCUT2D eigenvalue weighted by Crippen LogP contribution is 2.36. The number of carbonyl (C=O) groups excluding carboxylic acids is 2. The monoisotopic (exact) mass is 469 g/mol. The van der Waals surface area contributed by atoms with Crippen LogP contribution in [0, 0.1) is 6.92 Å². The maximum absolute atomic E-state index is 13.5. The van der Waals surface area contributed by atoms with Crippen LogP contribution in [0.15, 0.2) is 22.4 Å². The quantitative estimate of drug-likeness (QED) is 0.570. The number of benzene rings is 1. The molecule has 0 bridgehead atoms. The molecule has 3 rings (SSSR count). The molecule has 0 spiro atoms. The van der Waals surface area contributed by atoms with Crippen LogP contribution in [-0.4, -0.2) is 58.6 Å². The second-order valence-electron chi connectivity index (χ2n) is 6.61. The van der Waals surface area contributed by atoms with E-state index in [1.807, 2.05) is 0 Å². The third-order valence-corrected chi connectivity index (χ3v) is 8.46. The van der Waals surface area contributed by atoms with Crippen molar-refractivity contribution in [3.05, 3.63) is 39.8 Å². The minimum Gasteiger partial charge on any atom is -0.486 e. The third kappa shape index (κ3) is 4.39. The SMILES string of the molecule is CCN(Cc1ccc2c(c1)OCCO2)S(=O)(=O)c1sc(C(=O)OC)c(C)c1C(=O)OC. The van der Waals surface area contributed by atoms with Crippen LogP contribution in [0.25, 0.3) is 0 Å². The molecule has 0 radical (unpaired) electrons. The Balaban J connectivity index is 2.02. The van der Waals surface area contributed by atoms with Crippen LogP contribution in [0.4, 0.5) is 0 Å². The molecule has 1 aromatic carbocycles. The van der Waals surface area contributed by atoms with Gasteiger partial charge in [-0.3, -0.25) is 0 Å². The van der Waals surface area contributed by atoms with Crippen LogP contribution in [0.2, 0.25) is 0 Å². The molecule has 0 amide bonds. The highest BCUT2D eigenvalue weighted by molar-refractivity contribution is 7.91. The number of hydrogen-bond donors (Lipinski definition) is 0. The van der Waals surface area contributed by atoms with Gasteiger partial charge >= 0.3 is 11.9 Å². The van der Waals surface area contributed by atoms with Gasteiger partial charge in [-0.1, -0.05) is 13.0 Å². The number of carbonyl (C=O) groups is 2. The van der Waals surface area contributed by atoms with E-state index >= 15 is 0 Å². The van der Waals surface area contributed by atoms with E-state index in [0.717, 1.165) is 7.11 Å². The zero-order valence-corrected chi connectivity index (χ0v) is 19.2. The molecular formula is C20H23NO8S2. The lowest BCUT2D eigenvalue weighted by Crippen LogP contribution is -2.31. The Morgan fingerprint density at radius 3 is 2.35 bits per heavy atom. The van der Waals surface area contributed by atoms with Gasteiger partial charge in [0.15, 0.2) is 15.7 Å². The molecule has 1 aliphatic heterocycles. The van der Waals surface area contributed by atoms with Gasteiger partial charge in [-0.05, 0) is 30.2 Å². The van der Waals surface area contributed by atoms with Crippen molar-refractivity contribution in [2.75, 3.05) is 34.0 Å². The summed E-state index contributed by atoms with van der Waals surface area (Å²) in [6.45, 7) is 4.24. The van der Waals surface area contributed by atoms with E-state index < -0.39 is 22.0 Å². The molecule has 2 aromatic rings. The van der Waals surface area contributed by atoms with Gasteiger partial charge in [0.05, 0.1) is 19.8 Å². The Bertz CT molecular complexity index is 1110. The van der Waals surface area contributed by atoms with Gasteiger partial charge in [0, 0.05) is 13.1 Å². The summed E-state index contributed by atoms with van der Waals surface area (Å²) in [5.74, 6) is -0.403. The van der Waals surface area contributed by atoms with E-state index in [2.05, 4.69) is 0 Å². The van der Waals surface area contributed by atoms with Gasteiger partial charge in [0.1, 0.15) is 18.1 Å². The van der Waals surface area contributed by atoms with Crippen molar-refractivity contribution in [1.29, 1.82) is 0 Å². The molecule has 0 aliphatic carbocycles. The van der Waals surface area contributed by atoms with Gasteiger partial charge in [-0.25, -0.2) is 18.0 Å².